The molecule has 3 fully saturated rings. The lowest BCUT2D eigenvalue weighted by molar-refractivity contribution is 0.0919. The zero-order chi connectivity index (χ0) is 27.5. The number of anilines is 2. The maximum atomic E-state index is 12.9. The second-order valence-corrected chi connectivity index (χ2v) is 14.0. The number of nitrogens with one attached hydrogen (secondary N) is 1. The van der Waals surface area contributed by atoms with Crippen LogP contribution < -0.4 is 19.9 Å². The molecule has 40 heavy (non-hydrogen) atoms. The molecule has 1 aromatic heterocycles. The first kappa shape index (κ1) is 27.3. The van der Waals surface area contributed by atoms with E-state index in [9.17, 15) is 13.2 Å². The van der Waals surface area contributed by atoms with E-state index in [-0.39, 0.29) is 23.5 Å². The highest BCUT2D eigenvalue weighted by Gasteiger charge is 2.27. The molecule has 4 aliphatic rings. The normalized spacial score (nSPS) is 24.8. The molecule has 6 rings (SSSR count). The van der Waals surface area contributed by atoms with Gasteiger partial charge in [-0.15, -0.1) is 0 Å². The van der Waals surface area contributed by atoms with E-state index in [1.165, 1.54) is 24.8 Å². The molecule has 1 amide bonds. The van der Waals surface area contributed by atoms with Gasteiger partial charge in [-0.05, 0) is 74.9 Å². The zero-order valence-electron chi connectivity index (χ0n) is 23.3. The number of pyridine rings is 1. The summed E-state index contributed by atoms with van der Waals surface area (Å²) in [5, 5.41) is 3.25. The summed E-state index contributed by atoms with van der Waals surface area (Å²) in [6.45, 7) is 7.04. The number of benzene rings is 1. The van der Waals surface area contributed by atoms with Crippen LogP contribution in [-0.2, 0) is 16.3 Å². The van der Waals surface area contributed by atoms with Crippen LogP contribution in [0.25, 0.3) is 0 Å². The van der Waals surface area contributed by atoms with Crippen molar-refractivity contribution in [2.24, 2.45) is 5.92 Å². The molecule has 0 atom stereocenters. The van der Waals surface area contributed by atoms with Gasteiger partial charge >= 0.3 is 0 Å². The van der Waals surface area contributed by atoms with Crippen LogP contribution in [0.4, 0.5) is 11.5 Å². The highest BCUT2D eigenvalue weighted by molar-refractivity contribution is 7.91. The van der Waals surface area contributed by atoms with Gasteiger partial charge in [0.2, 0.25) is 0 Å². The van der Waals surface area contributed by atoms with Crippen LogP contribution in [0.15, 0.2) is 36.5 Å². The van der Waals surface area contributed by atoms with Gasteiger partial charge in [0.15, 0.2) is 21.4 Å². The fourth-order valence-electron chi connectivity index (χ4n) is 6.53. The molecule has 4 heterocycles. The molecule has 1 aliphatic carbocycles. The summed E-state index contributed by atoms with van der Waals surface area (Å²) < 4.78 is 29.2. The Balaban J connectivity index is 0.897. The van der Waals surface area contributed by atoms with Crippen molar-refractivity contribution in [2.45, 2.75) is 44.6 Å². The van der Waals surface area contributed by atoms with Crippen molar-refractivity contribution < 1.29 is 17.9 Å². The maximum absolute atomic E-state index is 12.9. The summed E-state index contributed by atoms with van der Waals surface area (Å²) in [4.78, 5) is 24.5. The van der Waals surface area contributed by atoms with Crippen molar-refractivity contribution in [3.63, 3.8) is 0 Å². The lowest BCUT2D eigenvalue weighted by Crippen LogP contribution is -2.47. The SMILES string of the molecule is O=C(N[C@H]1CC[C@H](CCN2CCN(c3nccc4c3OCC4)CC2)CC1)c1ccc(N2CCS(=O)(=O)CC2)cc1. The number of carbonyl (C=O) groups excluding carboxylic acids is 1. The Morgan fingerprint density at radius 2 is 1.65 bits per heavy atom. The Labute approximate surface area is 237 Å². The van der Waals surface area contributed by atoms with Crippen LogP contribution in [0.3, 0.4) is 0 Å². The Hall–Kier alpha value is -2.85. The maximum Gasteiger partial charge on any atom is 0.251 e. The molecule has 1 aromatic carbocycles. The number of amides is 1. The minimum atomic E-state index is -2.90. The number of fused-ring (bicyclic) bond motifs is 1. The average Bonchev–Trinajstić information content (AvgIpc) is 3.47. The highest BCUT2D eigenvalue weighted by Crippen LogP contribution is 2.34. The smallest absolute Gasteiger partial charge is 0.251 e. The molecule has 1 saturated carbocycles. The van der Waals surface area contributed by atoms with Crippen LogP contribution in [0, 0.1) is 5.92 Å². The second-order valence-electron chi connectivity index (χ2n) is 11.7. The zero-order valence-corrected chi connectivity index (χ0v) is 24.1. The molecule has 216 valence electrons. The van der Waals surface area contributed by atoms with Crippen molar-refractivity contribution in [2.75, 3.05) is 73.7 Å². The predicted molar refractivity (Wildman–Crippen MR) is 157 cm³/mol. The number of sulfone groups is 1. The number of ether oxygens (including phenoxy) is 1. The van der Waals surface area contributed by atoms with Gasteiger partial charge in [-0.25, -0.2) is 13.4 Å². The third-order valence-electron chi connectivity index (χ3n) is 9.13. The van der Waals surface area contributed by atoms with Crippen LogP contribution in [0.1, 0.15) is 48.0 Å². The first-order valence-corrected chi connectivity index (χ1v) is 16.7. The molecule has 10 heteroatoms. The molecule has 2 aromatic rings. The number of aromatic nitrogens is 1. The highest BCUT2D eigenvalue weighted by atomic mass is 32.2. The van der Waals surface area contributed by atoms with Gasteiger partial charge in [0, 0.05) is 74.7 Å². The van der Waals surface area contributed by atoms with E-state index in [0.717, 1.165) is 81.8 Å². The number of hydrogen-bond acceptors (Lipinski definition) is 8. The Bertz CT molecular complexity index is 1270. The summed E-state index contributed by atoms with van der Waals surface area (Å²) in [7, 11) is -2.90. The van der Waals surface area contributed by atoms with Crippen molar-refractivity contribution in [1.29, 1.82) is 0 Å². The summed E-state index contributed by atoms with van der Waals surface area (Å²) in [5.41, 5.74) is 2.92. The topological polar surface area (TPSA) is 95.1 Å². The molecule has 9 nitrogen and oxygen atoms in total. The fourth-order valence-corrected chi connectivity index (χ4v) is 7.73. The number of rotatable bonds is 7. The summed E-state index contributed by atoms with van der Waals surface area (Å²) >= 11 is 0. The third-order valence-corrected chi connectivity index (χ3v) is 10.7. The molecule has 2 saturated heterocycles. The number of carbonyl (C=O) groups is 1. The number of nitrogens with zero attached hydrogens (tertiary/aromatic N) is 4. The van der Waals surface area contributed by atoms with Gasteiger partial charge in [0.05, 0.1) is 18.1 Å². The first-order chi connectivity index (χ1) is 19.4. The molecule has 0 radical (unpaired) electrons. The summed E-state index contributed by atoms with van der Waals surface area (Å²) in [6.07, 6.45) is 8.53. The van der Waals surface area contributed by atoms with Crippen molar-refractivity contribution in [3.05, 3.63) is 47.7 Å². The van der Waals surface area contributed by atoms with Gasteiger partial charge in [-0.2, -0.15) is 0 Å². The van der Waals surface area contributed by atoms with Gasteiger partial charge in [-0.3, -0.25) is 9.69 Å². The standard InChI is InChI=1S/C30H41N5O4S/c36-30(25-3-7-27(8-4-25)34-18-21-40(37,38)22-19-34)32-26-5-1-23(2-6-26)10-13-33-14-16-35(17-15-33)29-28-24(9-12-31-29)11-20-39-28/h3-4,7-9,12,23,26H,1-2,5-6,10-11,13-22H2,(H,32,36)/t23-,26-. The lowest BCUT2D eigenvalue weighted by Gasteiger charge is -2.37. The second kappa shape index (κ2) is 11.9. The lowest BCUT2D eigenvalue weighted by atomic mass is 9.84. The predicted octanol–water partition coefficient (Wildman–Crippen LogP) is 2.75. The van der Waals surface area contributed by atoms with E-state index in [0.29, 0.717) is 18.7 Å². The van der Waals surface area contributed by atoms with Crippen LogP contribution in [0.5, 0.6) is 5.75 Å². The van der Waals surface area contributed by atoms with Crippen LogP contribution in [0.2, 0.25) is 0 Å². The Morgan fingerprint density at radius 3 is 2.38 bits per heavy atom. The molecule has 0 spiro atoms. The van der Waals surface area contributed by atoms with Crippen molar-refractivity contribution in [3.8, 4) is 5.75 Å². The monoisotopic (exact) mass is 567 g/mol. The van der Waals surface area contributed by atoms with E-state index < -0.39 is 9.84 Å². The fraction of sp³-hybridized carbons (Fsp3) is 0.600. The van der Waals surface area contributed by atoms with E-state index in [2.05, 4.69) is 31.1 Å². The van der Waals surface area contributed by atoms with Gasteiger partial charge in [0.1, 0.15) is 0 Å². The molecule has 1 N–H and O–H groups in total. The molecule has 3 aliphatic heterocycles. The summed E-state index contributed by atoms with van der Waals surface area (Å²) in [5.74, 6) is 3.11. The Kier molecular flexibility index (Phi) is 8.16. The molecule has 0 unspecified atom stereocenters. The van der Waals surface area contributed by atoms with E-state index >= 15 is 0 Å². The minimum absolute atomic E-state index is 0.0157. The van der Waals surface area contributed by atoms with Crippen LogP contribution >= 0.6 is 0 Å². The van der Waals surface area contributed by atoms with Gasteiger partial charge in [-0.1, -0.05) is 0 Å². The summed E-state index contributed by atoms with van der Waals surface area (Å²) in [6, 6.07) is 9.89. The third kappa shape index (κ3) is 6.38. The quantitative estimate of drug-likeness (QED) is 0.546. The minimum Gasteiger partial charge on any atom is -0.489 e. The molecule has 0 bridgehead atoms. The van der Waals surface area contributed by atoms with Crippen molar-refractivity contribution >= 4 is 27.2 Å². The number of hydrogen-bond donors (Lipinski definition) is 1. The van der Waals surface area contributed by atoms with E-state index in [1.807, 2.05) is 30.5 Å². The first-order valence-electron chi connectivity index (χ1n) is 14.9. The van der Waals surface area contributed by atoms with Gasteiger partial charge < -0.3 is 19.9 Å². The van der Waals surface area contributed by atoms with Crippen molar-refractivity contribution in [1.82, 2.24) is 15.2 Å². The average molecular weight is 568 g/mol. The molecular weight excluding hydrogens is 526 g/mol. The Morgan fingerprint density at radius 1 is 0.925 bits per heavy atom. The van der Waals surface area contributed by atoms with Crippen LogP contribution in [-0.4, -0.2) is 94.2 Å². The van der Waals surface area contributed by atoms with Gasteiger partial charge in [0.25, 0.3) is 5.91 Å². The van der Waals surface area contributed by atoms with E-state index in [1.54, 1.807) is 0 Å². The number of piperazine rings is 1. The van der Waals surface area contributed by atoms with E-state index in [4.69, 9.17) is 4.74 Å². The largest absolute Gasteiger partial charge is 0.489 e. The molecular formula is C30H41N5O4S.